The van der Waals surface area contributed by atoms with Gasteiger partial charge < -0.3 is 14.5 Å². The summed E-state index contributed by atoms with van der Waals surface area (Å²) in [5.74, 6) is -0.991. The molecule has 0 atom stereocenters. The SMILES string of the molecule is CCCCCOC(=O)c1ccc(NC(=O)c2cc3cc(Br)ccc3oc2=O)cc1. The second kappa shape index (κ2) is 9.52. The van der Waals surface area contributed by atoms with Gasteiger partial charge in [0.05, 0.1) is 12.2 Å². The highest BCUT2D eigenvalue weighted by molar-refractivity contribution is 9.10. The number of fused-ring (bicyclic) bond motifs is 1. The predicted octanol–water partition coefficient (Wildman–Crippen LogP) is 5.15. The van der Waals surface area contributed by atoms with Crippen molar-refractivity contribution in [2.45, 2.75) is 26.2 Å². The normalized spacial score (nSPS) is 10.7. The molecule has 6 nitrogen and oxygen atoms in total. The summed E-state index contributed by atoms with van der Waals surface area (Å²) in [5.41, 5.74) is 0.428. The van der Waals surface area contributed by atoms with Crippen LogP contribution in [0.4, 0.5) is 5.69 Å². The molecule has 1 aromatic heterocycles. The molecule has 150 valence electrons. The fourth-order valence-corrected chi connectivity index (χ4v) is 3.12. The van der Waals surface area contributed by atoms with Crippen molar-refractivity contribution in [2.24, 2.45) is 0 Å². The number of rotatable bonds is 7. The van der Waals surface area contributed by atoms with Gasteiger partial charge in [0, 0.05) is 15.5 Å². The Bertz CT molecular complexity index is 1090. The number of carbonyl (C=O) groups excluding carboxylic acids is 2. The summed E-state index contributed by atoms with van der Waals surface area (Å²) in [5, 5.41) is 3.27. The van der Waals surface area contributed by atoms with Crippen LogP contribution in [0.1, 0.15) is 46.9 Å². The molecule has 0 radical (unpaired) electrons. The Labute approximate surface area is 176 Å². The van der Waals surface area contributed by atoms with Crippen molar-refractivity contribution in [3.05, 3.63) is 74.6 Å². The molecular weight excluding hydrogens is 438 g/mol. The van der Waals surface area contributed by atoms with E-state index in [1.807, 2.05) is 0 Å². The molecule has 1 N–H and O–H groups in total. The van der Waals surface area contributed by atoms with E-state index >= 15 is 0 Å². The van der Waals surface area contributed by atoms with E-state index in [9.17, 15) is 14.4 Å². The van der Waals surface area contributed by atoms with Crippen LogP contribution in [-0.4, -0.2) is 18.5 Å². The molecule has 2 aromatic carbocycles. The van der Waals surface area contributed by atoms with Crippen LogP contribution in [0.25, 0.3) is 11.0 Å². The third kappa shape index (κ3) is 5.32. The minimum Gasteiger partial charge on any atom is -0.462 e. The van der Waals surface area contributed by atoms with Gasteiger partial charge in [0.2, 0.25) is 0 Å². The highest BCUT2D eigenvalue weighted by atomic mass is 79.9. The average molecular weight is 458 g/mol. The summed E-state index contributed by atoms with van der Waals surface area (Å²) in [6, 6.07) is 13.0. The van der Waals surface area contributed by atoms with Crippen LogP contribution in [0.5, 0.6) is 0 Å². The maximum Gasteiger partial charge on any atom is 0.349 e. The Morgan fingerprint density at radius 1 is 1.07 bits per heavy atom. The van der Waals surface area contributed by atoms with Gasteiger partial charge in [-0.1, -0.05) is 35.7 Å². The van der Waals surface area contributed by atoms with Crippen molar-refractivity contribution < 1.29 is 18.7 Å². The summed E-state index contributed by atoms with van der Waals surface area (Å²) in [6.07, 6.45) is 2.90. The number of hydrogen-bond acceptors (Lipinski definition) is 5. The first-order valence-corrected chi connectivity index (χ1v) is 10.1. The van der Waals surface area contributed by atoms with E-state index in [2.05, 4.69) is 28.2 Å². The van der Waals surface area contributed by atoms with Crippen molar-refractivity contribution in [1.29, 1.82) is 0 Å². The first-order valence-electron chi connectivity index (χ1n) is 9.30. The van der Waals surface area contributed by atoms with Gasteiger partial charge in [-0.2, -0.15) is 0 Å². The lowest BCUT2D eigenvalue weighted by Gasteiger charge is -2.07. The molecule has 7 heteroatoms. The molecule has 3 aromatic rings. The zero-order valence-corrected chi connectivity index (χ0v) is 17.5. The van der Waals surface area contributed by atoms with E-state index in [1.54, 1.807) is 42.5 Å². The maximum atomic E-state index is 12.5. The summed E-state index contributed by atoms with van der Waals surface area (Å²) >= 11 is 3.35. The maximum absolute atomic E-state index is 12.5. The first-order chi connectivity index (χ1) is 14.0. The van der Waals surface area contributed by atoms with Crippen LogP contribution >= 0.6 is 15.9 Å². The number of hydrogen-bond donors (Lipinski definition) is 1. The van der Waals surface area contributed by atoms with Crippen molar-refractivity contribution >= 4 is 44.5 Å². The largest absolute Gasteiger partial charge is 0.462 e. The van der Waals surface area contributed by atoms with Crippen LogP contribution in [0.15, 0.2) is 62.2 Å². The second-order valence-electron chi connectivity index (χ2n) is 6.50. The fourth-order valence-electron chi connectivity index (χ4n) is 2.74. The zero-order chi connectivity index (χ0) is 20.8. The van der Waals surface area contributed by atoms with E-state index in [0.29, 0.717) is 28.8 Å². The molecule has 1 heterocycles. The number of esters is 1. The molecule has 1 amide bonds. The summed E-state index contributed by atoms with van der Waals surface area (Å²) < 4.78 is 11.2. The number of halogens is 1. The van der Waals surface area contributed by atoms with Crippen molar-refractivity contribution in [1.82, 2.24) is 0 Å². The monoisotopic (exact) mass is 457 g/mol. The quantitative estimate of drug-likeness (QED) is 0.301. The molecule has 0 aliphatic rings. The molecule has 3 rings (SSSR count). The Morgan fingerprint density at radius 3 is 2.55 bits per heavy atom. The number of benzene rings is 2. The molecule has 0 saturated carbocycles. The van der Waals surface area contributed by atoms with Crippen LogP contribution in [0, 0.1) is 0 Å². The summed E-state index contributed by atoms with van der Waals surface area (Å²) in [4.78, 5) is 36.6. The lowest BCUT2D eigenvalue weighted by molar-refractivity contribution is 0.0498. The Morgan fingerprint density at radius 2 is 1.83 bits per heavy atom. The molecular formula is C22H20BrNO5. The third-order valence-electron chi connectivity index (χ3n) is 4.30. The summed E-state index contributed by atoms with van der Waals surface area (Å²) in [6.45, 7) is 2.47. The molecule has 29 heavy (non-hydrogen) atoms. The van der Waals surface area contributed by atoms with Gasteiger partial charge in [0.1, 0.15) is 11.1 Å². The molecule has 0 aliphatic carbocycles. The molecule has 0 fully saturated rings. The lowest BCUT2D eigenvalue weighted by atomic mass is 10.1. The highest BCUT2D eigenvalue weighted by Crippen LogP contribution is 2.20. The molecule has 0 unspecified atom stereocenters. The van der Waals surface area contributed by atoms with Crippen LogP contribution in [-0.2, 0) is 4.74 Å². The summed E-state index contributed by atoms with van der Waals surface area (Å²) in [7, 11) is 0. The van der Waals surface area contributed by atoms with Crippen LogP contribution in [0.3, 0.4) is 0 Å². The van der Waals surface area contributed by atoms with Gasteiger partial charge in [0.15, 0.2) is 0 Å². The van der Waals surface area contributed by atoms with E-state index < -0.39 is 17.5 Å². The van der Waals surface area contributed by atoms with Crippen molar-refractivity contribution in [2.75, 3.05) is 11.9 Å². The van der Waals surface area contributed by atoms with E-state index in [4.69, 9.17) is 9.15 Å². The number of anilines is 1. The second-order valence-corrected chi connectivity index (χ2v) is 7.42. The van der Waals surface area contributed by atoms with Crippen LogP contribution < -0.4 is 10.9 Å². The average Bonchev–Trinajstić information content (AvgIpc) is 2.71. The molecule has 0 bridgehead atoms. The van der Waals surface area contributed by atoms with E-state index in [-0.39, 0.29) is 5.56 Å². The van der Waals surface area contributed by atoms with Gasteiger partial charge in [-0.25, -0.2) is 9.59 Å². The topological polar surface area (TPSA) is 85.6 Å². The Balaban J connectivity index is 1.69. The van der Waals surface area contributed by atoms with Crippen molar-refractivity contribution in [3.63, 3.8) is 0 Å². The molecule has 0 spiro atoms. The van der Waals surface area contributed by atoms with E-state index in [1.165, 1.54) is 6.07 Å². The van der Waals surface area contributed by atoms with Gasteiger partial charge in [0.25, 0.3) is 5.91 Å². The van der Waals surface area contributed by atoms with Gasteiger partial charge in [-0.05, 0) is 55.0 Å². The van der Waals surface area contributed by atoms with Crippen LogP contribution in [0.2, 0.25) is 0 Å². The number of carbonyl (C=O) groups is 2. The number of ether oxygens (including phenoxy) is 1. The standard InChI is InChI=1S/C22H20BrNO5/c1-2-3-4-11-28-21(26)14-5-8-17(9-6-14)24-20(25)18-13-15-12-16(23)7-10-19(15)29-22(18)27/h5-10,12-13H,2-4,11H2,1H3,(H,24,25). The number of nitrogens with one attached hydrogen (secondary N) is 1. The minimum absolute atomic E-state index is 0.102. The van der Waals surface area contributed by atoms with Gasteiger partial charge in [-0.15, -0.1) is 0 Å². The highest BCUT2D eigenvalue weighted by Gasteiger charge is 2.15. The lowest BCUT2D eigenvalue weighted by Crippen LogP contribution is -2.20. The first kappa shape index (κ1) is 20.8. The van der Waals surface area contributed by atoms with Gasteiger partial charge in [-0.3, -0.25) is 4.79 Å². The Kier molecular flexibility index (Phi) is 6.82. The number of amides is 1. The smallest absolute Gasteiger partial charge is 0.349 e. The predicted molar refractivity (Wildman–Crippen MR) is 114 cm³/mol. The Hall–Kier alpha value is -2.93. The fraction of sp³-hybridized carbons (Fsp3) is 0.227. The molecule has 0 aliphatic heterocycles. The van der Waals surface area contributed by atoms with Gasteiger partial charge >= 0.3 is 11.6 Å². The zero-order valence-electron chi connectivity index (χ0n) is 15.9. The minimum atomic E-state index is -0.718. The van der Waals surface area contributed by atoms with E-state index in [0.717, 1.165) is 23.7 Å². The molecule has 0 saturated heterocycles. The number of unbranched alkanes of at least 4 members (excludes halogenated alkanes) is 2. The third-order valence-corrected chi connectivity index (χ3v) is 4.79. The van der Waals surface area contributed by atoms with Crippen molar-refractivity contribution in [3.8, 4) is 0 Å².